The molecule has 6 heterocycles. The normalized spacial score (nSPS) is 55.2. The Labute approximate surface area is 363 Å². The van der Waals surface area contributed by atoms with E-state index in [-0.39, 0.29) is 0 Å². The minimum absolute atomic E-state index is 0.928. The fourth-order valence-corrected chi connectivity index (χ4v) is 8.20. The average molecular weight is 941 g/mol. The summed E-state index contributed by atoms with van der Waals surface area (Å²) < 4.78 is 62.4. The molecule has 0 radical (unpaired) electrons. The van der Waals surface area contributed by atoms with Crippen LogP contribution in [-0.4, -0.2) is 279 Å². The summed E-state index contributed by atoms with van der Waals surface area (Å²) in [6, 6.07) is 0. The monoisotopic (exact) mass is 940 g/mol. The Balaban J connectivity index is 1.26. The molecule has 6 rings (SSSR count). The van der Waals surface area contributed by atoms with Gasteiger partial charge in [0.05, 0.1) is 31.0 Å². The number of aliphatic hydroxyl groups excluding tert-OH is 15. The van der Waals surface area contributed by atoms with Gasteiger partial charge in [-0.05, 0) is 27.7 Å². The highest BCUT2D eigenvalue weighted by Gasteiger charge is 2.57. The van der Waals surface area contributed by atoms with Crippen LogP contribution in [0.25, 0.3) is 0 Å². The fourth-order valence-electron chi connectivity index (χ4n) is 8.20. The van der Waals surface area contributed by atoms with Crippen molar-refractivity contribution in [1.29, 1.82) is 0 Å². The molecule has 6 aliphatic rings. The van der Waals surface area contributed by atoms with Gasteiger partial charge in [-0.15, -0.1) is 0 Å². The van der Waals surface area contributed by atoms with Gasteiger partial charge in [-0.1, -0.05) is 0 Å². The Bertz CT molecular complexity index is 1520. The van der Waals surface area contributed by atoms with Gasteiger partial charge in [0.1, 0.15) is 116 Å². The summed E-state index contributed by atoms with van der Waals surface area (Å²) >= 11 is 0. The SMILES string of the molecule is C[C@@H]1O[C@@H](O)[C@H](O[C@@H]2O[C@H](CO)[C@H](O)[C@H](O[C@@H]3O[C@@H](C)[C@H](O)[C@@H](O)[C@H]3O[C@@H]3O[C@@H](C)[C@H](O)[C@@H](O)[C@H]3O[C@@H]3O[C@@H](C)[C@H](O)[C@@H](O)[C@H]3O[C@@H]3O[C@H](C(=O)O)[C@@H](O)[C@H](O)[C@H]3O)[C@H]2O)[C@H](O)[C@H]1O. The van der Waals surface area contributed by atoms with Crippen LogP contribution in [0.5, 0.6) is 0 Å². The van der Waals surface area contributed by atoms with E-state index in [0.717, 1.165) is 0 Å². The van der Waals surface area contributed by atoms with Crippen molar-refractivity contribution in [2.45, 2.75) is 212 Å². The molecule has 6 aliphatic heterocycles. The van der Waals surface area contributed by atoms with Crippen molar-refractivity contribution in [3.05, 3.63) is 0 Å². The van der Waals surface area contributed by atoms with Gasteiger partial charge >= 0.3 is 5.97 Å². The molecule has 0 bridgehead atoms. The van der Waals surface area contributed by atoms with Crippen LogP contribution in [0, 0.1) is 0 Å². The van der Waals surface area contributed by atoms with Crippen molar-refractivity contribution in [2.75, 3.05) is 6.61 Å². The van der Waals surface area contributed by atoms with E-state index >= 15 is 0 Å². The van der Waals surface area contributed by atoms with Crippen molar-refractivity contribution in [3.63, 3.8) is 0 Å². The van der Waals surface area contributed by atoms with E-state index in [9.17, 15) is 86.5 Å². The Morgan fingerprint density at radius 1 is 0.375 bits per heavy atom. The number of hydrogen-bond acceptors (Lipinski definition) is 27. The smallest absolute Gasteiger partial charge is 0.335 e. The fraction of sp³-hybridized carbons (Fsp3) is 0.972. The molecule has 0 aromatic heterocycles. The van der Waals surface area contributed by atoms with E-state index < -0.39 is 197 Å². The lowest BCUT2D eigenvalue weighted by atomic mass is 9.95. The largest absolute Gasteiger partial charge is 0.479 e. The van der Waals surface area contributed by atoms with Crippen LogP contribution >= 0.6 is 0 Å². The van der Waals surface area contributed by atoms with Crippen LogP contribution < -0.4 is 0 Å². The second kappa shape index (κ2) is 21.0. The molecule has 64 heavy (non-hydrogen) atoms. The third kappa shape index (κ3) is 10.2. The van der Waals surface area contributed by atoms with Crippen LogP contribution in [0.1, 0.15) is 27.7 Å². The number of aliphatic hydroxyl groups is 15. The first-order valence-electron chi connectivity index (χ1n) is 20.6. The van der Waals surface area contributed by atoms with Crippen molar-refractivity contribution in [1.82, 2.24) is 0 Å². The summed E-state index contributed by atoms with van der Waals surface area (Å²) in [5, 5.41) is 171. The molecule has 0 aromatic carbocycles. The maximum Gasteiger partial charge on any atom is 0.335 e. The summed E-state index contributed by atoms with van der Waals surface area (Å²) in [5.74, 6) is -1.78. The highest BCUT2D eigenvalue weighted by atomic mass is 16.8. The Morgan fingerprint density at radius 2 is 0.734 bits per heavy atom. The quantitative estimate of drug-likeness (QED) is 0.0864. The molecule has 0 amide bonds. The van der Waals surface area contributed by atoms with Crippen molar-refractivity contribution < 1.29 is 139 Å². The highest BCUT2D eigenvalue weighted by molar-refractivity contribution is 5.73. The van der Waals surface area contributed by atoms with Crippen molar-refractivity contribution >= 4 is 5.97 Å². The van der Waals surface area contributed by atoms with Gasteiger partial charge in [-0.25, -0.2) is 4.79 Å². The molecule has 16 N–H and O–H groups in total. The summed E-state index contributed by atoms with van der Waals surface area (Å²) in [4.78, 5) is 11.7. The van der Waals surface area contributed by atoms with E-state index in [1.165, 1.54) is 27.7 Å². The summed E-state index contributed by atoms with van der Waals surface area (Å²) in [6.07, 6.45) is -55.1. The van der Waals surface area contributed by atoms with Crippen LogP contribution in [0.3, 0.4) is 0 Å². The van der Waals surface area contributed by atoms with Gasteiger partial charge in [0, 0.05) is 0 Å². The zero-order valence-corrected chi connectivity index (χ0v) is 34.6. The van der Waals surface area contributed by atoms with Gasteiger partial charge < -0.3 is 134 Å². The number of carboxylic acids is 1. The van der Waals surface area contributed by atoms with E-state index in [0.29, 0.717) is 0 Å². The van der Waals surface area contributed by atoms with E-state index in [1.54, 1.807) is 0 Å². The van der Waals surface area contributed by atoms with E-state index in [2.05, 4.69) is 0 Å². The molecular weight excluding hydrogens is 880 g/mol. The second-order valence-electron chi connectivity index (χ2n) is 16.7. The lowest BCUT2D eigenvalue weighted by Gasteiger charge is -2.50. The zero-order chi connectivity index (χ0) is 47.4. The summed E-state index contributed by atoms with van der Waals surface area (Å²) in [5.41, 5.74) is 0. The van der Waals surface area contributed by atoms with Crippen LogP contribution in [0.15, 0.2) is 0 Å². The second-order valence-corrected chi connectivity index (χ2v) is 16.7. The molecule has 6 saturated heterocycles. The molecule has 372 valence electrons. The van der Waals surface area contributed by atoms with Crippen molar-refractivity contribution in [2.24, 2.45) is 0 Å². The van der Waals surface area contributed by atoms with E-state index in [1.807, 2.05) is 0 Å². The van der Waals surface area contributed by atoms with Gasteiger partial charge in [0.2, 0.25) is 0 Å². The predicted octanol–water partition coefficient (Wildman–Crippen LogP) is -9.90. The zero-order valence-electron chi connectivity index (χ0n) is 34.6. The minimum Gasteiger partial charge on any atom is -0.479 e. The average Bonchev–Trinajstić information content (AvgIpc) is 3.24. The molecule has 28 nitrogen and oxygen atoms in total. The summed E-state index contributed by atoms with van der Waals surface area (Å²) in [6.45, 7) is 4.30. The Kier molecular flexibility index (Phi) is 17.0. The maximum atomic E-state index is 11.7. The lowest BCUT2D eigenvalue weighted by Crippen LogP contribution is -2.68. The number of carboxylic acid groups (broad SMARTS) is 1. The number of hydrogen-bond donors (Lipinski definition) is 16. The molecule has 0 spiro atoms. The highest BCUT2D eigenvalue weighted by Crippen LogP contribution is 2.37. The molecule has 0 aromatic rings. The molecule has 0 saturated carbocycles. The van der Waals surface area contributed by atoms with Crippen LogP contribution in [0.4, 0.5) is 0 Å². The van der Waals surface area contributed by atoms with E-state index in [4.69, 9.17) is 52.1 Å². The minimum atomic E-state index is -2.16. The van der Waals surface area contributed by atoms with Gasteiger partial charge in [0.15, 0.2) is 43.8 Å². The molecular formula is C36H60O28. The number of ether oxygens (including phenoxy) is 11. The standard InChI is InChI=1S/C36H60O28/c1-6-11(38)17(44)26(31(53)54-6)61-33-23(50)24(15(42)10(5-37)58-33)59-34-28(19(46)13(40)7(2)55-34)63-36-29(20(47)14(41)9(4)57-36)64-35-27(18(45)12(39)8(3)56-35)62-32-22(49)16(43)21(48)25(60-32)30(51)52/h6-29,31-50,53H,5H2,1-4H3,(H,51,52)/t6-,7-,8-,9-,10+,11-,12-,13-,14-,15-,16-,17+,18+,19+,20+,21-,22+,23+,24-,25-,26+,27+,28+,29+,31+,32-,33-,34-,35-,36-/m0/s1. The maximum absolute atomic E-state index is 11.7. The Morgan fingerprint density at radius 3 is 1.16 bits per heavy atom. The van der Waals surface area contributed by atoms with Gasteiger partial charge in [0.25, 0.3) is 0 Å². The molecule has 6 fully saturated rings. The molecule has 30 atom stereocenters. The molecule has 28 heteroatoms. The summed E-state index contributed by atoms with van der Waals surface area (Å²) in [7, 11) is 0. The predicted molar refractivity (Wildman–Crippen MR) is 194 cm³/mol. The topological polar surface area (TPSA) is 442 Å². The first-order valence-corrected chi connectivity index (χ1v) is 20.6. The lowest BCUT2D eigenvalue weighted by molar-refractivity contribution is -0.410. The first kappa shape index (κ1) is 51.8. The first-order chi connectivity index (χ1) is 30.0. The number of rotatable bonds is 12. The Hall–Kier alpha value is -1.57. The van der Waals surface area contributed by atoms with Crippen LogP contribution in [-0.2, 0) is 56.9 Å². The third-order valence-corrected chi connectivity index (χ3v) is 12.2. The molecule has 0 unspecified atom stereocenters. The number of aliphatic carboxylic acids is 1. The van der Waals surface area contributed by atoms with Gasteiger partial charge in [-0.2, -0.15) is 0 Å². The molecule has 0 aliphatic carbocycles. The number of carbonyl (C=O) groups is 1. The van der Waals surface area contributed by atoms with Crippen LogP contribution in [0.2, 0.25) is 0 Å². The van der Waals surface area contributed by atoms with Gasteiger partial charge in [-0.3, -0.25) is 0 Å². The van der Waals surface area contributed by atoms with Crippen molar-refractivity contribution in [3.8, 4) is 0 Å². The third-order valence-electron chi connectivity index (χ3n) is 12.2.